The van der Waals surface area contributed by atoms with Crippen LogP contribution in [0.4, 0.5) is 0 Å². The van der Waals surface area contributed by atoms with Crippen LogP contribution in [0.2, 0.25) is 0 Å². The molecular weight excluding hydrogens is 375 g/mol. The fraction of sp³-hybridized carbons (Fsp3) is 0.556. The van der Waals surface area contributed by atoms with Crippen LogP contribution in [0.5, 0.6) is 0 Å². The maximum Gasteiger partial charge on any atom is 0.237 e. The highest BCUT2D eigenvalue weighted by molar-refractivity contribution is 5.85. The Morgan fingerprint density at radius 1 is 1.35 bits per heavy atom. The van der Waals surface area contributed by atoms with Gasteiger partial charge in [-0.2, -0.15) is 0 Å². The van der Waals surface area contributed by atoms with Crippen LogP contribution in [0.3, 0.4) is 0 Å². The molecule has 2 aromatic rings. The van der Waals surface area contributed by atoms with Gasteiger partial charge in [-0.15, -0.1) is 24.8 Å². The first kappa shape index (κ1) is 22.7. The second-order valence-electron chi connectivity index (χ2n) is 6.41. The van der Waals surface area contributed by atoms with E-state index in [0.717, 1.165) is 36.2 Å². The first-order valence-corrected chi connectivity index (χ1v) is 8.70. The number of halogens is 2. The van der Waals surface area contributed by atoms with Crippen molar-refractivity contribution in [3.05, 3.63) is 30.1 Å². The molecule has 0 bridgehead atoms. The summed E-state index contributed by atoms with van der Waals surface area (Å²) in [5.74, 6) is 0.950. The summed E-state index contributed by atoms with van der Waals surface area (Å²) in [5, 5.41) is 3.04. The molecule has 0 saturated carbocycles. The second-order valence-corrected chi connectivity index (χ2v) is 6.41. The Bertz CT molecular complexity index is 716. The van der Waals surface area contributed by atoms with Crippen LogP contribution in [-0.2, 0) is 16.1 Å². The quantitative estimate of drug-likeness (QED) is 0.805. The van der Waals surface area contributed by atoms with E-state index in [1.807, 2.05) is 25.1 Å². The van der Waals surface area contributed by atoms with Gasteiger partial charge in [0.15, 0.2) is 0 Å². The molecule has 0 spiro atoms. The van der Waals surface area contributed by atoms with Crippen molar-refractivity contribution in [1.29, 1.82) is 0 Å². The van der Waals surface area contributed by atoms with Crippen molar-refractivity contribution >= 4 is 41.8 Å². The number of nitrogens with two attached hydrogens (primary N) is 1. The minimum absolute atomic E-state index is 0. The molecule has 8 heteroatoms. The summed E-state index contributed by atoms with van der Waals surface area (Å²) in [6.45, 7) is 6.23. The molecule has 146 valence electrons. The highest BCUT2D eigenvalue weighted by atomic mass is 35.5. The summed E-state index contributed by atoms with van der Waals surface area (Å²) in [7, 11) is 0. The third kappa shape index (κ3) is 4.68. The Labute approximate surface area is 166 Å². The predicted molar refractivity (Wildman–Crippen MR) is 108 cm³/mol. The average Bonchev–Trinajstić information content (AvgIpc) is 3.00. The molecule has 1 saturated heterocycles. The molecule has 2 heterocycles. The number of fused-ring (bicyclic) bond motifs is 1. The fourth-order valence-corrected chi connectivity index (χ4v) is 3.42. The molecule has 3 N–H and O–H groups in total. The molecule has 6 nitrogen and oxygen atoms in total. The van der Waals surface area contributed by atoms with E-state index in [0.29, 0.717) is 13.2 Å². The lowest BCUT2D eigenvalue weighted by atomic mass is 9.91. The van der Waals surface area contributed by atoms with Gasteiger partial charge in [-0.3, -0.25) is 4.79 Å². The maximum atomic E-state index is 12.5. The topological polar surface area (TPSA) is 82.2 Å². The van der Waals surface area contributed by atoms with Gasteiger partial charge in [-0.1, -0.05) is 12.1 Å². The fourth-order valence-electron chi connectivity index (χ4n) is 3.42. The van der Waals surface area contributed by atoms with E-state index in [9.17, 15) is 4.79 Å². The monoisotopic (exact) mass is 402 g/mol. The van der Waals surface area contributed by atoms with Gasteiger partial charge in [0.05, 0.1) is 23.1 Å². The Kier molecular flexibility index (Phi) is 8.83. The van der Waals surface area contributed by atoms with Crippen molar-refractivity contribution in [2.24, 2.45) is 11.7 Å². The van der Waals surface area contributed by atoms with Gasteiger partial charge in [-0.05, 0) is 44.7 Å². The summed E-state index contributed by atoms with van der Waals surface area (Å²) >= 11 is 0. The number of para-hydroxylation sites is 2. The first-order chi connectivity index (χ1) is 11.6. The molecule has 1 aromatic carbocycles. The normalized spacial score (nSPS) is 17.0. The van der Waals surface area contributed by atoms with Gasteiger partial charge < -0.3 is 20.4 Å². The molecule has 1 fully saturated rings. The van der Waals surface area contributed by atoms with Crippen molar-refractivity contribution < 1.29 is 9.53 Å². The minimum atomic E-state index is -0.490. The Morgan fingerprint density at radius 2 is 2.00 bits per heavy atom. The molecule has 2 unspecified atom stereocenters. The molecule has 1 aliphatic heterocycles. The minimum Gasteiger partial charge on any atom is -0.381 e. The van der Waals surface area contributed by atoms with Crippen LogP contribution in [0, 0.1) is 5.92 Å². The number of carbonyl (C=O) groups excluding carboxylic acids is 1. The lowest BCUT2D eigenvalue weighted by Gasteiger charge is -2.27. The molecule has 26 heavy (non-hydrogen) atoms. The zero-order chi connectivity index (χ0) is 17.1. The van der Waals surface area contributed by atoms with Crippen LogP contribution in [0.1, 0.15) is 38.6 Å². The van der Waals surface area contributed by atoms with Crippen LogP contribution >= 0.6 is 24.8 Å². The van der Waals surface area contributed by atoms with E-state index in [1.165, 1.54) is 0 Å². The van der Waals surface area contributed by atoms with E-state index in [2.05, 4.69) is 22.9 Å². The third-order valence-corrected chi connectivity index (χ3v) is 4.82. The summed E-state index contributed by atoms with van der Waals surface area (Å²) in [4.78, 5) is 17.2. The number of hydrogen-bond donors (Lipinski definition) is 2. The van der Waals surface area contributed by atoms with Crippen molar-refractivity contribution in [3.63, 3.8) is 0 Å². The van der Waals surface area contributed by atoms with Crippen molar-refractivity contribution in [2.45, 2.75) is 45.3 Å². The van der Waals surface area contributed by atoms with Gasteiger partial charge in [-0.25, -0.2) is 4.98 Å². The zero-order valence-electron chi connectivity index (χ0n) is 15.2. The van der Waals surface area contributed by atoms with E-state index < -0.39 is 6.04 Å². The number of amides is 1. The average molecular weight is 403 g/mol. The largest absolute Gasteiger partial charge is 0.381 e. The second kappa shape index (κ2) is 10.1. The van der Waals surface area contributed by atoms with E-state index in [1.54, 1.807) is 0 Å². The number of imidazole rings is 1. The highest BCUT2D eigenvalue weighted by Gasteiger charge is 2.28. The number of rotatable bonds is 5. The van der Waals surface area contributed by atoms with Crippen LogP contribution < -0.4 is 11.1 Å². The summed E-state index contributed by atoms with van der Waals surface area (Å²) in [6, 6.07) is 7.35. The van der Waals surface area contributed by atoms with Gasteiger partial charge in [0.25, 0.3) is 0 Å². The third-order valence-electron chi connectivity index (χ3n) is 4.82. The van der Waals surface area contributed by atoms with Crippen molar-refractivity contribution in [3.8, 4) is 0 Å². The number of carbonyl (C=O) groups is 1. The van der Waals surface area contributed by atoms with Gasteiger partial charge in [0, 0.05) is 19.8 Å². The number of nitrogens with one attached hydrogen (secondary N) is 1. The number of hydrogen-bond acceptors (Lipinski definition) is 4. The lowest BCUT2D eigenvalue weighted by molar-refractivity contribution is -0.125. The summed E-state index contributed by atoms with van der Waals surface area (Å²) in [5.41, 5.74) is 8.21. The van der Waals surface area contributed by atoms with Gasteiger partial charge in [0.2, 0.25) is 5.91 Å². The number of ether oxygens (including phenoxy) is 1. The summed E-state index contributed by atoms with van der Waals surface area (Å²) < 4.78 is 7.48. The predicted octanol–water partition coefficient (Wildman–Crippen LogP) is 2.83. The number of aryl methyl sites for hydroxylation is 1. The van der Waals surface area contributed by atoms with Gasteiger partial charge >= 0.3 is 0 Å². The number of aromatic nitrogens is 2. The van der Waals surface area contributed by atoms with Crippen molar-refractivity contribution in [2.75, 3.05) is 13.2 Å². The summed E-state index contributed by atoms with van der Waals surface area (Å²) in [6.07, 6.45) is 1.69. The van der Waals surface area contributed by atoms with E-state index >= 15 is 0 Å². The van der Waals surface area contributed by atoms with Crippen molar-refractivity contribution in [1.82, 2.24) is 14.9 Å². The molecule has 0 radical (unpaired) electrons. The Morgan fingerprint density at radius 3 is 2.65 bits per heavy atom. The molecule has 3 rings (SSSR count). The standard InChI is InChI=1S/C18H26N4O2.2ClH/c1-3-22-15-7-5-4-6-14(15)21-17(22)12(2)20-18(23)16(19)13-8-10-24-11-9-13;;/h4-7,12-13,16H,3,8-11,19H2,1-2H3,(H,20,23);2*1H. The Balaban J connectivity index is 0.00000169. The molecule has 1 aromatic heterocycles. The van der Waals surface area contributed by atoms with Crippen LogP contribution in [0.25, 0.3) is 11.0 Å². The molecule has 2 atom stereocenters. The molecule has 1 aliphatic rings. The highest BCUT2D eigenvalue weighted by Crippen LogP contribution is 2.22. The zero-order valence-corrected chi connectivity index (χ0v) is 16.8. The van der Waals surface area contributed by atoms with Crippen LogP contribution in [0.15, 0.2) is 24.3 Å². The molecule has 1 amide bonds. The van der Waals surface area contributed by atoms with Gasteiger partial charge in [0.1, 0.15) is 5.82 Å². The SMILES string of the molecule is CCn1c(C(C)NC(=O)C(N)C2CCOCC2)nc2ccccc21.Cl.Cl. The van der Waals surface area contributed by atoms with Crippen LogP contribution in [-0.4, -0.2) is 34.7 Å². The number of benzene rings is 1. The smallest absolute Gasteiger partial charge is 0.237 e. The first-order valence-electron chi connectivity index (χ1n) is 8.70. The van der Waals surface area contributed by atoms with E-state index in [4.69, 9.17) is 15.5 Å². The Hall–Kier alpha value is -1.34. The molecular formula is C18H28Cl2N4O2. The molecule has 0 aliphatic carbocycles. The lowest BCUT2D eigenvalue weighted by Crippen LogP contribution is -2.47. The number of nitrogens with zero attached hydrogens (tertiary/aromatic N) is 2. The maximum absolute atomic E-state index is 12.5. The van der Waals surface area contributed by atoms with E-state index in [-0.39, 0.29) is 42.7 Å².